The number of hydrogen-bond donors (Lipinski definition) is 1. The molecular weight excluding hydrogens is 656 g/mol. The molecule has 1 aromatic carbocycles. The number of amides is 3. The summed E-state index contributed by atoms with van der Waals surface area (Å²) < 4.78 is 17.8. The number of carbonyl (C=O) groups excluding carboxylic acids is 3. The third-order valence-corrected chi connectivity index (χ3v) is 10.7. The first-order valence-electron chi connectivity index (χ1n) is 16.4. The minimum Gasteiger partial charge on any atom is -0.494 e. The van der Waals surface area contributed by atoms with Crippen LogP contribution in [0.15, 0.2) is 49.6 Å². The van der Waals surface area contributed by atoms with Crippen molar-refractivity contribution in [1.29, 1.82) is 0 Å². The van der Waals surface area contributed by atoms with Gasteiger partial charge in [0, 0.05) is 49.8 Å². The molecule has 0 saturated carbocycles. The number of benzene rings is 1. The molecule has 3 unspecified atom stereocenters. The summed E-state index contributed by atoms with van der Waals surface area (Å²) in [7, 11) is 0. The predicted molar refractivity (Wildman–Crippen MR) is 178 cm³/mol. The summed E-state index contributed by atoms with van der Waals surface area (Å²) in [5, 5.41) is 10.4. The van der Waals surface area contributed by atoms with E-state index in [9.17, 15) is 19.5 Å². The Morgan fingerprint density at radius 3 is 2.46 bits per heavy atom. The third-order valence-electron chi connectivity index (χ3n) is 9.81. The molecule has 12 heteroatoms. The second kappa shape index (κ2) is 15.0. The Morgan fingerprint density at radius 1 is 1.15 bits per heavy atom. The average Bonchev–Trinajstić information content (AvgIpc) is 3.66. The van der Waals surface area contributed by atoms with Crippen molar-refractivity contribution in [2.45, 2.75) is 55.3 Å². The van der Waals surface area contributed by atoms with Crippen molar-refractivity contribution < 1.29 is 33.7 Å². The summed E-state index contributed by atoms with van der Waals surface area (Å²) in [5.41, 5.74) is -0.583. The standard InChI is InChI=1S/C34H47BrN4O7/c1-5-13-37(16-15-36-17-19-44-20-18-36)33(43)30-34-21-26(35)29(46-34)27(28(34)32(42)39(30)23(7-3)22-40)31(41)38(14-6-2)24-9-11-25(12-10-24)45-8-4/h5-6,9-12,23,26-30,40H,1-2,7-8,13-22H2,3-4H3/t23-,26?,27-,28-,29-,30?,34?/m0/s1. The second-order valence-electron chi connectivity index (χ2n) is 12.3. The molecular formula is C34H47BrN4O7. The van der Waals surface area contributed by atoms with Gasteiger partial charge in [0.15, 0.2) is 0 Å². The number of alkyl halides is 1. The number of carbonyl (C=O) groups is 3. The Kier molecular flexibility index (Phi) is 11.3. The van der Waals surface area contributed by atoms with Crippen LogP contribution in [0.1, 0.15) is 26.7 Å². The summed E-state index contributed by atoms with van der Waals surface area (Å²) in [6, 6.07) is 5.66. The van der Waals surface area contributed by atoms with Crippen LogP contribution in [-0.4, -0.2) is 132 Å². The van der Waals surface area contributed by atoms with Crippen molar-refractivity contribution in [2.24, 2.45) is 11.8 Å². The van der Waals surface area contributed by atoms with Gasteiger partial charge in [-0.15, -0.1) is 13.2 Å². The number of halogens is 1. The second-order valence-corrected chi connectivity index (χ2v) is 13.5. The Balaban J connectivity index is 1.50. The van der Waals surface area contributed by atoms with Gasteiger partial charge in [-0.25, -0.2) is 0 Å². The van der Waals surface area contributed by atoms with Gasteiger partial charge in [-0.2, -0.15) is 0 Å². The van der Waals surface area contributed by atoms with Crippen LogP contribution in [0.4, 0.5) is 5.69 Å². The van der Waals surface area contributed by atoms with Crippen LogP contribution in [-0.2, 0) is 23.9 Å². The van der Waals surface area contributed by atoms with Crippen molar-refractivity contribution in [3.05, 3.63) is 49.6 Å². The normalized spacial score (nSPS) is 29.3. The number of likely N-dealkylation sites (tertiary alicyclic amines) is 1. The van der Waals surface area contributed by atoms with Gasteiger partial charge in [0.2, 0.25) is 17.7 Å². The van der Waals surface area contributed by atoms with Gasteiger partial charge in [-0.05, 0) is 44.0 Å². The zero-order chi connectivity index (χ0) is 33.0. The fourth-order valence-corrected chi connectivity index (χ4v) is 8.61. The Hall–Kier alpha value is -2.77. The van der Waals surface area contributed by atoms with Gasteiger partial charge in [0.05, 0.1) is 50.4 Å². The first-order valence-corrected chi connectivity index (χ1v) is 17.3. The molecule has 5 rings (SSSR count). The highest BCUT2D eigenvalue weighted by Crippen LogP contribution is 2.61. The molecule has 11 nitrogen and oxygen atoms in total. The van der Waals surface area contributed by atoms with Gasteiger partial charge < -0.3 is 34.0 Å². The van der Waals surface area contributed by atoms with Crippen molar-refractivity contribution in [2.75, 3.05) is 70.6 Å². The van der Waals surface area contributed by atoms with E-state index in [1.54, 1.807) is 22.0 Å². The van der Waals surface area contributed by atoms with E-state index in [-0.39, 0.29) is 35.7 Å². The van der Waals surface area contributed by atoms with E-state index >= 15 is 0 Å². The molecule has 2 bridgehead atoms. The highest BCUT2D eigenvalue weighted by molar-refractivity contribution is 9.09. The molecule has 3 amide bonds. The summed E-state index contributed by atoms with van der Waals surface area (Å²) in [6.45, 7) is 16.3. The van der Waals surface area contributed by atoms with E-state index in [0.29, 0.717) is 63.7 Å². The molecule has 1 aromatic rings. The maximum Gasteiger partial charge on any atom is 0.248 e. The summed E-state index contributed by atoms with van der Waals surface area (Å²) in [6.07, 6.45) is 3.57. The first-order chi connectivity index (χ1) is 22.3. The molecule has 252 valence electrons. The lowest BCUT2D eigenvalue weighted by Gasteiger charge is -2.39. The lowest BCUT2D eigenvalue weighted by molar-refractivity contribution is -0.151. The molecule has 4 heterocycles. The summed E-state index contributed by atoms with van der Waals surface area (Å²) in [4.78, 5) is 50.7. The van der Waals surface area contributed by atoms with Crippen LogP contribution in [0, 0.1) is 11.8 Å². The monoisotopic (exact) mass is 702 g/mol. The van der Waals surface area contributed by atoms with Gasteiger partial charge in [-0.3, -0.25) is 19.3 Å². The molecule has 7 atom stereocenters. The van der Waals surface area contributed by atoms with E-state index in [0.717, 1.165) is 13.1 Å². The zero-order valence-electron chi connectivity index (χ0n) is 26.9. The number of fused-ring (bicyclic) bond motifs is 1. The van der Waals surface area contributed by atoms with Crippen molar-refractivity contribution >= 4 is 39.3 Å². The van der Waals surface area contributed by atoms with E-state index < -0.39 is 35.6 Å². The molecule has 1 N–H and O–H groups in total. The topological polar surface area (TPSA) is 112 Å². The number of nitrogens with zero attached hydrogens (tertiary/aromatic N) is 4. The van der Waals surface area contributed by atoms with Crippen LogP contribution in [0.25, 0.3) is 0 Å². The number of rotatable bonds is 15. The fraction of sp³-hybridized carbons (Fsp3) is 0.618. The third kappa shape index (κ3) is 6.26. The van der Waals surface area contributed by atoms with Gasteiger partial charge in [-0.1, -0.05) is 35.0 Å². The summed E-state index contributed by atoms with van der Waals surface area (Å²) >= 11 is 3.77. The number of morpholine rings is 1. The van der Waals surface area contributed by atoms with Crippen LogP contribution in [0.2, 0.25) is 0 Å². The molecule has 1 spiro atoms. The SMILES string of the molecule is C=CCN(CCN1CCOCC1)C(=O)C1N([C@@H](CC)CO)C(=O)[C@@H]2[C@H](C(=O)N(CC=C)c3ccc(OCC)cc3)[C@H]3OC12CC3Br. The molecule has 4 fully saturated rings. The lowest BCUT2D eigenvalue weighted by Crippen LogP contribution is -2.59. The van der Waals surface area contributed by atoms with E-state index in [4.69, 9.17) is 14.2 Å². The van der Waals surface area contributed by atoms with Crippen molar-refractivity contribution in [1.82, 2.24) is 14.7 Å². The van der Waals surface area contributed by atoms with E-state index in [1.165, 1.54) is 4.90 Å². The minimum absolute atomic E-state index is 0.228. The van der Waals surface area contributed by atoms with E-state index in [1.807, 2.05) is 38.1 Å². The minimum atomic E-state index is -1.23. The van der Waals surface area contributed by atoms with Crippen molar-refractivity contribution in [3.8, 4) is 5.75 Å². The van der Waals surface area contributed by atoms with Crippen LogP contribution in [0.5, 0.6) is 5.75 Å². The number of anilines is 1. The molecule has 46 heavy (non-hydrogen) atoms. The molecule has 0 aromatic heterocycles. The number of hydrogen-bond acceptors (Lipinski definition) is 8. The van der Waals surface area contributed by atoms with Crippen LogP contribution in [0.3, 0.4) is 0 Å². The lowest BCUT2D eigenvalue weighted by atomic mass is 9.70. The highest BCUT2D eigenvalue weighted by Gasteiger charge is 2.77. The molecule has 0 aliphatic carbocycles. The number of aliphatic hydroxyl groups excluding tert-OH is 1. The van der Waals surface area contributed by atoms with E-state index in [2.05, 4.69) is 34.0 Å². The van der Waals surface area contributed by atoms with Crippen LogP contribution < -0.4 is 9.64 Å². The fourth-order valence-electron chi connectivity index (χ4n) is 7.66. The number of aliphatic hydroxyl groups is 1. The Bertz CT molecular complexity index is 1270. The maximum absolute atomic E-state index is 14.7. The maximum atomic E-state index is 14.7. The quantitative estimate of drug-likeness (QED) is 0.219. The molecule has 0 radical (unpaired) electrons. The molecule has 4 saturated heterocycles. The predicted octanol–water partition coefficient (Wildman–Crippen LogP) is 2.47. The van der Waals surface area contributed by atoms with Gasteiger partial charge in [0.1, 0.15) is 17.4 Å². The average molecular weight is 704 g/mol. The summed E-state index contributed by atoms with van der Waals surface area (Å²) in [5.74, 6) is -1.87. The highest BCUT2D eigenvalue weighted by atomic mass is 79.9. The Morgan fingerprint density at radius 2 is 1.85 bits per heavy atom. The zero-order valence-corrected chi connectivity index (χ0v) is 28.5. The largest absolute Gasteiger partial charge is 0.494 e. The van der Waals surface area contributed by atoms with Crippen LogP contribution >= 0.6 is 15.9 Å². The molecule has 4 aliphatic rings. The van der Waals surface area contributed by atoms with Gasteiger partial charge in [0.25, 0.3) is 0 Å². The Labute approximate surface area is 280 Å². The smallest absolute Gasteiger partial charge is 0.248 e. The molecule has 4 aliphatic heterocycles. The first kappa shape index (κ1) is 34.6. The number of ether oxygens (including phenoxy) is 3. The van der Waals surface area contributed by atoms with Crippen molar-refractivity contribution in [3.63, 3.8) is 0 Å². The van der Waals surface area contributed by atoms with Gasteiger partial charge >= 0.3 is 0 Å².